The van der Waals surface area contributed by atoms with Crippen molar-refractivity contribution in [3.8, 4) is 0 Å². The normalized spacial score (nSPS) is 10.3. The fourth-order valence-corrected chi connectivity index (χ4v) is 1.52. The van der Waals surface area contributed by atoms with Gasteiger partial charge in [0.1, 0.15) is 6.33 Å². The van der Waals surface area contributed by atoms with Crippen LogP contribution in [0.15, 0.2) is 6.33 Å². The molecule has 0 saturated carbocycles. The number of aromatic nitrogens is 2. The molecule has 0 atom stereocenters. The van der Waals surface area contributed by atoms with Crippen LogP contribution >= 0.6 is 0 Å². The fraction of sp³-hybridized carbons (Fsp3) is 0.444. The Hall–Kier alpha value is -2.49. The number of carbonyl (C=O) groups is 1. The Morgan fingerprint density at radius 3 is 2.63 bits per heavy atom. The van der Waals surface area contributed by atoms with Gasteiger partial charge < -0.3 is 16.1 Å². The average molecular weight is 269 g/mol. The second-order valence-electron chi connectivity index (χ2n) is 3.98. The largest absolute Gasteiger partial charge is 0.368 e. The molecule has 0 fully saturated rings. The summed E-state index contributed by atoms with van der Waals surface area (Å²) in [5, 5.41) is 11.1. The minimum absolute atomic E-state index is 0.0123. The third-order valence-corrected chi connectivity index (χ3v) is 2.34. The summed E-state index contributed by atoms with van der Waals surface area (Å²) in [6.45, 7) is 3.31. The van der Waals surface area contributed by atoms with Crippen LogP contribution < -0.4 is 21.9 Å². The highest BCUT2D eigenvalue weighted by Crippen LogP contribution is 2.31. The number of nitro groups is 1. The number of carbonyl (C=O) groups excluding carboxylic acids is 1. The summed E-state index contributed by atoms with van der Waals surface area (Å²) in [5.74, 6) is 4.41. The molecule has 0 unspecified atom stereocenters. The monoisotopic (exact) mass is 269 g/mol. The number of hydrogen-bond donors (Lipinski definition) is 3. The second-order valence-corrected chi connectivity index (χ2v) is 3.98. The molecule has 0 aliphatic heterocycles. The summed E-state index contributed by atoms with van der Waals surface area (Å²) in [5.41, 5.74) is 6.86. The van der Waals surface area contributed by atoms with E-state index >= 15 is 0 Å². The number of hydrazine groups is 1. The van der Waals surface area contributed by atoms with E-state index < -0.39 is 16.5 Å². The van der Waals surface area contributed by atoms with Crippen LogP contribution in [0.3, 0.4) is 0 Å². The number of hydrogen-bond acceptors (Lipinski definition) is 8. The predicted octanol–water partition coefficient (Wildman–Crippen LogP) is -0.629. The van der Waals surface area contributed by atoms with Gasteiger partial charge in [0.25, 0.3) is 0 Å². The van der Waals surface area contributed by atoms with Crippen LogP contribution in [0.25, 0.3) is 0 Å². The molecular formula is C9H15N7O3. The summed E-state index contributed by atoms with van der Waals surface area (Å²) in [6.07, 6.45) is 1.12. The first kappa shape index (κ1) is 14.6. The van der Waals surface area contributed by atoms with E-state index in [0.717, 1.165) is 6.33 Å². The molecule has 10 heteroatoms. The number of nitrogens with two attached hydrogens (primary N) is 2. The molecular weight excluding hydrogens is 254 g/mol. The van der Waals surface area contributed by atoms with Crippen molar-refractivity contribution >= 4 is 23.2 Å². The first-order valence-electron chi connectivity index (χ1n) is 5.39. The molecule has 0 aromatic carbocycles. The van der Waals surface area contributed by atoms with Gasteiger partial charge in [-0.05, 0) is 13.8 Å². The molecule has 0 spiro atoms. The molecule has 1 aromatic heterocycles. The molecule has 10 nitrogen and oxygen atoms in total. The van der Waals surface area contributed by atoms with Crippen molar-refractivity contribution < 1.29 is 9.72 Å². The zero-order valence-corrected chi connectivity index (χ0v) is 10.5. The van der Waals surface area contributed by atoms with Gasteiger partial charge in [0.05, 0.1) is 11.5 Å². The van der Waals surface area contributed by atoms with Crippen LogP contribution in [-0.2, 0) is 4.79 Å². The first-order valence-corrected chi connectivity index (χ1v) is 5.39. The predicted molar refractivity (Wildman–Crippen MR) is 68.2 cm³/mol. The van der Waals surface area contributed by atoms with E-state index in [-0.39, 0.29) is 24.2 Å². The van der Waals surface area contributed by atoms with E-state index in [2.05, 4.69) is 15.4 Å². The van der Waals surface area contributed by atoms with Crippen molar-refractivity contribution in [1.29, 1.82) is 0 Å². The van der Waals surface area contributed by atoms with Crippen LogP contribution in [0.2, 0.25) is 0 Å². The number of rotatable bonds is 6. The van der Waals surface area contributed by atoms with Crippen molar-refractivity contribution in [2.75, 3.05) is 16.9 Å². The van der Waals surface area contributed by atoms with Gasteiger partial charge >= 0.3 is 5.69 Å². The topological polar surface area (TPSA) is 153 Å². The Kier molecular flexibility index (Phi) is 4.53. The van der Waals surface area contributed by atoms with Crippen molar-refractivity contribution in [2.24, 2.45) is 11.6 Å². The van der Waals surface area contributed by atoms with Crippen LogP contribution in [0.4, 0.5) is 17.3 Å². The summed E-state index contributed by atoms with van der Waals surface area (Å²) >= 11 is 0. The number of nitrogen functional groups attached to an aromatic ring is 1. The third kappa shape index (κ3) is 3.25. The lowest BCUT2D eigenvalue weighted by Gasteiger charge is -2.26. The van der Waals surface area contributed by atoms with E-state index in [1.54, 1.807) is 13.8 Å². The maximum atomic E-state index is 11.1. The molecule has 1 rings (SSSR count). The minimum atomic E-state index is -0.666. The molecule has 19 heavy (non-hydrogen) atoms. The lowest BCUT2D eigenvalue weighted by Crippen LogP contribution is -2.39. The van der Waals surface area contributed by atoms with Crippen LogP contribution in [0, 0.1) is 10.1 Å². The van der Waals surface area contributed by atoms with Gasteiger partial charge in [-0.2, -0.15) is 0 Å². The van der Waals surface area contributed by atoms with Crippen LogP contribution in [-0.4, -0.2) is 33.4 Å². The van der Waals surface area contributed by atoms with Gasteiger partial charge in [-0.25, -0.2) is 15.8 Å². The van der Waals surface area contributed by atoms with Gasteiger partial charge in [0, 0.05) is 6.04 Å². The molecule has 0 radical (unpaired) electrons. The first-order chi connectivity index (χ1) is 8.88. The average Bonchev–Trinajstić information content (AvgIpc) is 2.34. The smallest absolute Gasteiger partial charge is 0.354 e. The Morgan fingerprint density at radius 2 is 2.21 bits per heavy atom. The molecule has 1 heterocycles. The summed E-state index contributed by atoms with van der Waals surface area (Å²) < 4.78 is 0. The third-order valence-electron chi connectivity index (χ3n) is 2.34. The van der Waals surface area contributed by atoms with Gasteiger partial charge in [-0.15, -0.1) is 0 Å². The lowest BCUT2D eigenvalue weighted by molar-refractivity contribution is -0.383. The molecule has 1 amide bonds. The molecule has 0 aliphatic rings. The molecule has 0 bridgehead atoms. The van der Waals surface area contributed by atoms with Crippen LogP contribution in [0.1, 0.15) is 13.8 Å². The lowest BCUT2D eigenvalue weighted by atomic mass is 10.3. The van der Waals surface area contributed by atoms with Crippen molar-refractivity contribution in [3.05, 3.63) is 16.4 Å². The number of anilines is 2. The van der Waals surface area contributed by atoms with Crippen molar-refractivity contribution in [1.82, 2.24) is 9.97 Å². The maximum Gasteiger partial charge on any atom is 0.354 e. The van der Waals surface area contributed by atoms with E-state index in [4.69, 9.17) is 11.6 Å². The van der Waals surface area contributed by atoms with Gasteiger partial charge in [-0.1, -0.05) is 0 Å². The highest BCUT2D eigenvalue weighted by Gasteiger charge is 2.28. The summed E-state index contributed by atoms with van der Waals surface area (Å²) in [4.78, 5) is 30.4. The Bertz CT molecular complexity index is 491. The highest BCUT2D eigenvalue weighted by atomic mass is 16.6. The second kappa shape index (κ2) is 5.91. The van der Waals surface area contributed by atoms with Gasteiger partial charge in [0.2, 0.25) is 17.5 Å². The SMILES string of the molecule is CC(C)N(CC(N)=O)c1ncnc(NN)c1[N+](=O)[O-]. The van der Waals surface area contributed by atoms with E-state index in [0.29, 0.717) is 0 Å². The number of primary amides is 1. The Morgan fingerprint density at radius 1 is 1.58 bits per heavy atom. The molecule has 0 aliphatic carbocycles. The Balaban J connectivity index is 3.37. The maximum absolute atomic E-state index is 11.1. The zero-order valence-electron chi connectivity index (χ0n) is 10.5. The molecule has 1 aromatic rings. The number of nitrogens with one attached hydrogen (secondary N) is 1. The van der Waals surface area contributed by atoms with Crippen molar-refractivity contribution in [2.45, 2.75) is 19.9 Å². The molecule has 104 valence electrons. The number of nitrogens with zero attached hydrogens (tertiary/aromatic N) is 4. The minimum Gasteiger partial charge on any atom is -0.368 e. The van der Waals surface area contributed by atoms with E-state index in [1.807, 2.05) is 0 Å². The van der Waals surface area contributed by atoms with E-state index in [1.165, 1.54) is 4.90 Å². The summed E-state index contributed by atoms with van der Waals surface area (Å²) in [6, 6.07) is -0.216. The Labute approximate surface area is 108 Å². The zero-order chi connectivity index (χ0) is 14.6. The molecule has 5 N–H and O–H groups in total. The summed E-state index contributed by atoms with van der Waals surface area (Å²) in [7, 11) is 0. The van der Waals surface area contributed by atoms with Crippen LogP contribution in [0.5, 0.6) is 0 Å². The quantitative estimate of drug-likeness (QED) is 0.350. The van der Waals surface area contributed by atoms with E-state index in [9.17, 15) is 14.9 Å². The molecule has 0 saturated heterocycles. The highest BCUT2D eigenvalue weighted by molar-refractivity contribution is 5.81. The standard InChI is InChI=1S/C9H15N7O3/c1-5(2)15(3-6(10)17)9-7(16(18)19)8(14-11)12-4-13-9/h4-5H,3,11H2,1-2H3,(H2,10,17)(H,12,13,14). The number of amides is 1. The van der Waals surface area contributed by atoms with Gasteiger partial charge in [-0.3, -0.25) is 14.9 Å². The van der Waals surface area contributed by atoms with Crippen molar-refractivity contribution in [3.63, 3.8) is 0 Å². The van der Waals surface area contributed by atoms with Gasteiger partial charge in [0.15, 0.2) is 0 Å². The fourth-order valence-electron chi connectivity index (χ4n) is 1.52.